The van der Waals surface area contributed by atoms with E-state index in [1.165, 1.54) is 11.0 Å². The van der Waals surface area contributed by atoms with Crippen molar-refractivity contribution in [1.29, 1.82) is 0 Å². The van der Waals surface area contributed by atoms with E-state index >= 15 is 0 Å². The van der Waals surface area contributed by atoms with Crippen LogP contribution in [0.1, 0.15) is 12.5 Å². The molecule has 2 rings (SSSR count). The average Bonchev–Trinajstić information content (AvgIpc) is 2.62. The second kappa shape index (κ2) is 4.01. The highest BCUT2D eigenvalue weighted by atomic mass is 79.9. The summed E-state index contributed by atoms with van der Waals surface area (Å²) in [6, 6.07) is 8.07. The predicted octanol–water partition coefficient (Wildman–Crippen LogP) is 4.23. The molecule has 1 heterocycles. The van der Waals surface area contributed by atoms with Crippen LogP contribution in [0.5, 0.6) is 0 Å². The molecule has 0 fully saturated rings. The Morgan fingerprint density at radius 1 is 1.43 bits per heavy atom. The van der Waals surface area contributed by atoms with Crippen molar-refractivity contribution in [3.05, 3.63) is 41.7 Å². The number of hydrogen-bond donors (Lipinski definition) is 0. The monoisotopic (exact) mass is 250 g/mol. The van der Waals surface area contributed by atoms with Crippen LogP contribution >= 0.6 is 15.9 Å². The first-order valence-electron chi connectivity index (χ1n) is 4.50. The van der Waals surface area contributed by atoms with Gasteiger partial charge in [-0.2, -0.15) is 0 Å². The van der Waals surface area contributed by atoms with Gasteiger partial charge < -0.3 is 4.42 Å². The third kappa shape index (κ3) is 1.75. The molecule has 2 heteroatoms. The Hall–Kier alpha value is -1.02. The van der Waals surface area contributed by atoms with E-state index in [0.29, 0.717) is 0 Å². The molecule has 1 nitrogen and oxygen atoms in total. The molecular weight excluding hydrogens is 240 g/mol. The highest BCUT2D eigenvalue weighted by Gasteiger charge is 2.01. The summed E-state index contributed by atoms with van der Waals surface area (Å²) in [6.45, 7) is 2.09. The van der Waals surface area contributed by atoms with Crippen molar-refractivity contribution >= 4 is 33.0 Å². The minimum absolute atomic E-state index is 0.895. The van der Waals surface area contributed by atoms with E-state index in [2.05, 4.69) is 35.0 Å². The molecule has 0 saturated carbocycles. The maximum absolute atomic E-state index is 5.43. The first kappa shape index (κ1) is 9.53. The lowest BCUT2D eigenvalue weighted by atomic mass is 10.1. The van der Waals surface area contributed by atoms with Crippen molar-refractivity contribution in [2.75, 3.05) is 5.33 Å². The molecule has 72 valence electrons. The number of alkyl halides is 1. The third-order valence-corrected chi connectivity index (χ3v) is 3.01. The molecule has 0 saturated heterocycles. The molecule has 0 N–H and O–H groups in total. The Labute approximate surface area is 91.5 Å². The largest absolute Gasteiger partial charge is 0.464 e. The zero-order chi connectivity index (χ0) is 9.97. The lowest BCUT2D eigenvalue weighted by molar-refractivity contribution is 0.615. The molecule has 1 aromatic heterocycles. The van der Waals surface area contributed by atoms with Crippen molar-refractivity contribution in [3.63, 3.8) is 0 Å². The van der Waals surface area contributed by atoms with Gasteiger partial charge in [0, 0.05) is 16.3 Å². The molecule has 0 amide bonds. The normalized spacial score (nSPS) is 12.3. The van der Waals surface area contributed by atoms with Gasteiger partial charge in [0.15, 0.2) is 0 Å². The predicted molar refractivity (Wildman–Crippen MR) is 63.7 cm³/mol. The minimum atomic E-state index is 0.895. The Bertz CT molecular complexity index is 468. The van der Waals surface area contributed by atoms with Crippen molar-refractivity contribution in [3.8, 4) is 0 Å². The summed E-state index contributed by atoms with van der Waals surface area (Å²) >= 11 is 3.43. The summed E-state index contributed by atoms with van der Waals surface area (Å²) in [7, 11) is 0. The molecule has 0 spiro atoms. The van der Waals surface area contributed by atoms with Crippen LogP contribution in [0.2, 0.25) is 0 Å². The van der Waals surface area contributed by atoms with Crippen LogP contribution in [0.15, 0.2) is 40.5 Å². The molecule has 14 heavy (non-hydrogen) atoms. The van der Waals surface area contributed by atoms with Crippen LogP contribution in [0.4, 0.5) is 0 Å². The van der Waals surface area contributed by atoms with Gasteiger partial charge in [-0.3, -0.25) is 0 Å². The summed E-state index contributed by atoms with van der Waals surface area (Å²) < 4.78 is 5.43. The second-order valence-electron chi connectivity index (χ2n) is 3.31. The quantitative estimate of drug-likeness (QED) is 0.728. The van der Waals surface area contributed by atoms with Crippen molar-refractivity contribution in [2.24, 2.45) is 0 Å². The molecule has 1 aromatic carbocycles. The van der Waals surface area contributed by atoms with Gasteiger partial charge in [0.1, 0.15) is 5.58 Å². The molecule has 0 aliphatic heterocycles. The van der Waals surface area contributed by atoms with Crippen LogP contribution in [0.25, 0.3) is 17.0 Å². The molecular formula is C12H11BrO. The van der Waals surface area contributed by atoms with Gasteiger partial charge in [-0.1, -0.05) is 45.8 Å². The number of furan rings is 1. The smallest absolute Gasteiger partial charge is 0.134 e. The maximum atomic E-state index is 5.43. The average molecular weight is 251 g/mol. The van der Waals surface area contributed by atoms with Crippen LogP contribution in [0, 0.1) is 0 Å². The van der Waals surface area contributed by atoms with Crippen molar-refractivity contribution in [2.45, 2.75) is 6.92 Å². The summed E-state index contributed by atoms with van der Waals surface area (Å²) in [5.41, 5.74) is 3.38. The molecule has 0 unspecified atom stereocenters. The lowest BCUT2D eigenvalue weighted by Crippen LogP contribution is -1.75. The van der Waals surface area contributed by atoms with Gasteiger partial charge in [-0.25, -0.2) is 0 Å². The van der Waals surface area contributed by atoms with Crippen molar-refractivity contribution < 1.29 is 4.42 Å². The van der Waals surface area contributed by atoms with Crippen LogP contribution in [-0.2, 0) is 0 Å². The van der Waals surface area contributed by atoms with E-state index in [1.807, 2.05) is 18.2 Å². The minimum Gasteiger partial charge on any atom is -0.464 e. The molecule has 0 bridgehead atoms. The zero-order valence-corrected chi connectivity index (χ0v) is 9.54. The van der Waals surface area contributed by atoms with E-state index < -0.39 is 0 Å². The highest BCUT2D eigenvalue weighted by molar-refractivity contribution is 9.09. The molecule has 0 aliphatic rings. The maximum Gasteiger partial charge on any atom is 0.134 e. The summed E-state index contributed by atoms with van der Waals surface area (Å²) in [5, 5.41) is 2.07. The van der Waals surface area contributed by atoms with Crippen LogP contribution < -0.4 is 0 Å². The Morgan fingerprint density at radius 3 is 3.00 bits per heavy atom. The third-order valence-electron chi connectivity index (χ3n) is 2.12. The van der Waals surface area contributed by atoms with Gasteiger partial charge in [-0.15, -0.1) is 0 Å². The van der Waals surface area contributed by atoms with E-state index in [0.717, 1.165) is 16.5 Å². The number of allylic oxidation sites excluding steroid dienone is 1. The fraction of sp³-hybridized carbons (Fsp3) is 0.167. The number of para-hydroxylation sites is 1. The second-order valence-corrected chi connectivity index (χ2v) is 3.87. The lowest BCUT2D eigenvalue weighted by Gasteiger charge is -1.92. The zero-order valence-electron chi connectivity index (χ0n) is 7.96. The molecule has 0 aliphatic carbocycles. The fourth-order valence-electron chi connectivity index (χ4n) is 1.41. The van der Waals surface area contributed by atoms with E-state index in [9.17, 15) is 0 Å². The first-order chi connectivity index (χ1) is 6.81. The van der Waals surface area contributed by atoms with Gasteiger partial charge in [-0.05, 0) is 13.0 Å². The summed E-state index contributed by atoms with van der Waals surface area (Å²) in [5.74, 6) is 0. The van der Waals surface area contributed by atoms with Gasteiger partial charge in [0.05, 0.1) is 6.26 Å². The number of benzene rings is 1. The van der Waals surface area contributed by atoms with Crippen LogP contribution in [-0.4, -0.2) is 5.33 Å². The topological polar surface area (TPSA) is 13.1 Å². The summed E-state index contributed by atoms with van der Waals surface area (Å²) in [6.07, 6.45) is 3.94. The van der Waals surface area contributed by atoms with Gasteiger partial charge in [0.25, 0.3) is 0 Å². The Morgan fingerprint density at radius 2 is 2.21 bits per heavy atom. The Kier molecular flexibility index (Phi) is 2.73. The van der Waals surface area contributed by atoms with Crippen molar-refractivity contribution in [1.82, 2.24) is 0 Å². The van der Waals surface area contributed by atoms with Crippen LogP contribution in [0.3, 0.4) is 0 Å². The Balaban J connectivity index is 2.53. The number of hydrogen-bond acceptors (Lipinski definition) is 1. The molecule has 0 atom stereocenters. The summed E-state index contributed by atoms with van der Waals surface area (Å²) in [4.78, 5) is 0. The van der Waals surface area contributed by atoms with Gasteiger partial charge in [0.2, 0.25) is 0 Å². The van der Waals surface area contributed by atoms with Gasteiger partial charge >= 0.3 is 0 Å². The highest BCUT2D eigenvalue weighted by Crippen LogP contribution is 2.22. The van der Waals surface area contributed by atoms with E-state index in [1.54, 1.807) is 6.26 Å². The number of rotatable bonds is 2. The van der Waals surface area contributed by atoms with E-state index in [-0.39, 0.29) is 0 Å². The fourth-order valence-corrected chi connectivity index (χ4v) is 1.58. The number of fused-ring (bicyclic) bond motifs is 1. The standard InChI is InChI=1S/C12H11BrO/c1-9(7-13)6-10-8-14-12-5-3-2-4-11(10)12/h2-6,8H,7H2,1H3/b9-6-. The SMILES string of the molecule is C/C(=C/c1coc2ccccc12)CBr. The van der Waals surface area contributed by atoms with E-state index in [4.69, 9.17) is 4.42 Å². The molecule has 2 aromatic rings. The first-order valence-corrected chi connectivity index (χ1v) is 5.63. The molecule has 0 radical (unpaired) electrons. The number of halogens is 1.